The molecule has 1 unspecified atom stereocenters. The van der Waals surface area contributed by atoms with Crippen molar-refractivity contribution in [2.24, 2.45) is 0 Å². The standard InChI is InChI=1S/C24H21NO6/c26-15-9-14(10-16(27)12-15)11-22(23(28)29)25-24(30)31-13-21-19-7-3-1-5-17(19)18-6-2-4-8-20(18)21/h1-10,12,21-22,26-27H,11,13H2,(H,25,30)(H,28,29). The van der Waals surface area contributed by atoms with Crippen LogP contribution in [0.3, 0.4) is 0 Å². The first-order valence-electron chi connectivity index (χ1n) is 9.78. The highest BCUT2D eigenvalue weighted by Crippen LogP contribution is 2.44. The van der Waals surface area contributed by atoms with E-state index in [9.17, 15) is 24.9 Å². The maximum atomic E-state index is 12.4. The van der Waals surface area contributed by atoms with Crippen LogP contribution in [0.1, 0.15) is 22.6 Å². The molecule has 0 aromatic heterocycles. The number of phenols is 2. The Bertz CT molecular complexity index is 1080. The van der Waals surface area contributed by atoms with Crippen LogP contribution in [0.15, 0.2) is 66.7 Å². The average Bonchev–Trinajstić information content (AvgIpc) is 3.05. The van der Waals surface area contributed by atoms with Crippen molar-refractivity contribution in [3.63, 3.8) is 0 Å². The van der Waals surface area contributed by atoms with Gasteiger partial charge >= 0.3 is 12.1 Å². The zero-order chi connectivity index (χ0) is 22.0. The molecule has 0 bridgehead atoms. The van der Waals surface area contributed by atoms with Gasteiger partial charge in [0, 0.05) is 18.4 Å². The van der Waals surface area contributed by atoms with Crippen molar-refractivity contribution in [1.29, 1.82) is 0 Å². The van der Waals surface area contributed by atoms with Gasteiger partial charge in [-0.25, -0.2) is 9.59 Å². The summed E-state index contributed by atoms with van der Waals surface area (Å²) in [4.78, 5) is 24.0. The molecule has 3 aromatic rings. The lowest BCUT2D eigenvalue weighted by molar-refractivity contribution is -0.139. The van der Waals surface area contributed by atoms with E-state index in [1.165, 1.54) is 12.1 Å². The number of nitrogens with one attached hydrogen (secondary N) is 1. The van der Waals surface area contributed by atoms with E-state index in [0.717, 1.165) is 28.3 Å². The van der Waals surface area contributed by atoms with Crippen molar-refractivity contribution in [2.75, 3.05) is 6.61 Å². The zero-order valence-electron chi connectivity index (χ0n) is 16.5. The molecule has 31 heavy (non-hydrogen) atoms. The molecule has 3 aromatic carbocycles. The van der Waals surface area contributed by atoms with Gasteiger partial charge in [-0.2, -0.15) is 0 Å². The number of alkyl carbamates (subject to hydrolysis) is 1. The first kappa shape index (κ1) is 20.3. The second kappa shape index (κ2) is 8.39. The lowest BCUT2D eigenvalue weighted by Gasteiger charge is -2.17. The van der Waals surface area contributed by atoms with E-state index in [1.54, 1.807) is 0 Å². The number of fused-ring (bicyclic) bond motifs is 3. The fourth-order valence-electron chi connectivity index (χ4n) is 3.99. The molecule has 4 rings (SSSR count). The van der Waals surface area contributed by atoms with Crippen LogP contribution in [-0.2, 0) is 16.0 Å². The van der Waals surface area contributed by atoms with Crippen molar-refractivity contribution < 1.29 is 29.6 Å². The van der Waals surface area contributed by atoms with E-state index in [0.29, 0.717) is 5.56 Å². The number of aromatic hydroxyl groups is 2. The number of rotatable bonds is 6. The molecule has 7 nitrogen and oxygen atoms in total. The predicted molar refractivity (Wildman–Crippen MR) is 113 cm³/mol. The molecule has 0 saturated heterocycles. The minimum Gasteiger partial charge on any atom is -0.508 e. The number of ether oxygens (including phenoxy) is 1. The van der Waals surface area contributed by atoms with Crippen molar-refractivity contribution in [3.8, 4) is 22.6 Å². The molecule has 0 fully saturated rings. The number of phenolic OH excluding ortho intramolecular Hbond substituents is 2. The maximum Gasteiger partial charge on any atom is 0.407 e. The van der Waals surface area contributed by atoms with Gasteiger partial charge in [0.05, 0.1) is 0 Å². The third-order valence-electron chi connectivity index (χ3n) is 5.34. The lowest BCUT2D eigenvalue weighted by Crippen LogP contribution is -2.42. The minimum atomic E-state index is -1.28. The SMILES string of the molecule is O=C(NC(Cc1cc(O)cc(O)c1)C(=O)O)OCC1c2ccccc2-c2ccccc21. The molecule has 0 spiro atoms. The normalized spacial score (nSPS) is 13.2. The minimum absolute atomic E-state index is 0.0686. The van der Waals surface area contributed by atoms with Crippen molar-refractivity contribution in [1.82, 2.24) is 5.32 Å². The van der Waals surface area contributed by atoms with Crippen molar-refractivity contribution in [3.05, 3.63) is 83.4 Å². The monoisotopic (exact) mass is 419 g/mol. The quantitative estimate of drug-likeness (QED) is 0.485. The van der Waals surface area contributed by atoms with Gasteiger partial charge in [-0.15, -0.1) is 0 Å². The van der Waals surface area contributed by atoms with Gasteiger partial charge in [-0.3, -0.25) is 0 Å². The average molecular weight is 419 g/mol. The van der Waals surface area contributed by atoms with Gasteiger partial charge in [0.25, 0.3) is 0 Å². The largest absolute Gasteiger partial charge is 0.508 e. The van der Waals surface area contributed by atoms with Crippen LogP contribution in [0.25, 0.3) is 11.1 Å². The Morgan fingerprint density at radius 2 is 1.45 bits per heavy atom. The molecule has 1 aliphatic carbocycles. The maximum absolute atomic E-state index is 12.4. The van der Waals surface area contributed by atoms with E-state index >= 15 is 0 Å². The molecule has 158 valence electrons. The van der Waals surface area contributed by atoms with E-state index in [-0.39, 0.29) is 30.4 Å². The summed E-state index contributed by atoms with van der Waals surface area (Å²) in [5.74, 6) is -1.78. The summed E-state index contributed by atoms with van der Waals surface area (Å²) in [6, 6.07) is 18.3. The summed E-state index contributed by atoms with van der Waals surface area (Å²) in [7, 11) is 0. The van der Waals surface area contributed by atoms with Crippen LogP contribution in [0.2, 0.25) is 0 Å². The van der Waals surface area contributed by atoms with Crippen LogP contribution in [-0.4, -0.2) is 40.0 Å². The Hall–Kier alpha value is -4.00. The third-order valence-corrected chi connectivity index (χ3v) is 5.34. The lowest BCUT2D eigenvalue weighted by atomic mass is 9.98. The smallest absolute Gasteiger partial charge is 0.407 e. The number of hydrogen-bond acceptors (Lipinski definition) is 5. The van der Waals surface area contributed by atoms with E-state index < -0.39 is 18.1 Å². The first-order valence-corrected chi connectivity index (χ1v) is 9.78. The topological polar surface area (TPSA) is 116 Å². The fraction of sp³-hybridized carbons (Fsp3) is 0.167. The Morgan fingerprint density at radius 3 is 2.00 bits per heavy atom. The summed E-state index contributed by atoms with van der Waals surface area (Å²) >= 11 is 0. The van der Waals surface area contributed by atoms with Gasteiger partial charge in [0.15, 0.2) is 0 Å². The van der Waals surface area contributed by atoms with Crippen LogP contribution >= 0.6 is 0 Å². The number of hydrogen-bond donors (Lipinski definition) is 4. The van der Waals surface area contributed by atoms with Gasteiger partial charge < -0.3 is 25.4 Å². The number of carbonyl (C=O) groups is 2. The number of benzene rings is 3. The van der Waals surface area contributed by atoms with Gasteiger partial charge in [-0.05, 0) is 39.9 Å². The van der Waals surface area contributed by atoms with Crippen LogP contribution in [0.4, 0.5) is 4.79 Å². The Balaban J connectivity index is 1.44. The predicted octanol–water partition coefficient (Wildman–Crippen LogP) is 3.63. The molecule has 0 radical (unpaired) electrons. The first-order chi connectivity index (χ1) is 14.9. The molecule has 1 atom stereocenters. The molecular weight excluding hydrogens is 398 g/mol. The van der Waals surface area contributed by atoms with Crippen molar-refractivity contribution >= 4 is 12.1 Å². The molecule has 0 saturated carbocycles. The Morgan fingerprint density at radius 1 is 0.903 bits per heavy atom. The molecule has 0 heterocycles. The fourth-order valence-corrected chi connectivity index (χ4v) is 3.99. The molecule has 1 amide bonds. The molecule has 4 N–H and O–H groups in total. The zero-order valence-corrected chi connectivity index (χ0v) is 16.5. The molecule has 0 aliphatic heterocycles. The Labute approximate surface area is 178 Å². The molecular formula is C24H21NO6. The Kier molecular flexibility index (Phi) is 5.49. The number of carboxylic acids is 1. The van der Waals surface area contributed by atoms with E-state index in [1.807, 2.05) is 48.5 Å². The van der Waals surface area contributed by atoms with E-state index in [4.69, 9.17) is 4.74 Å². The van der Waals surface area contributed by atoms with Gasteiger partial charge in [-0.1, -0.05) is 48.5 Å². The second-order valence-corrected chi connectivity index (χ2v) is 7.42. The highest BCUT2D eigenvalue weighted by molar-refractivity contribution is 5.81. The summed E-state index contributed by atoms with van der Waals surface area (Å²) in [6.45, 7) is 0.0686. The summed E-state index contributed by atoms with van der Waals surface area (Å²) < 4.78 is 5.39. The van der Waals surface area contributed by atoms with Crippen LogP contribution in [0, 0.1) is 0 Å². The number of amides is 1. The van der Waals surface area contributed by atoms with Crippen LogP contribution in [0.5, 0.6) is 11.5 Å². The third kappa shape index (κ3) is 4.30. The molecule has 1 aliphatic rings. The van der Waals surface area contributed by atoms with Crippen molar-refractivity contribution in [2.45, 2.75) is 18.4 Å². The van der Waals surface area contributed by atoms with Gasteiger partial charge in [0.2, 0.25) is 0 Å². The highest BCUT2D eigenvalue weighted by Gasteiger charge is 2.29. The number of aliphatic carboxylic acids is 1. The number of carboxylic acid groups (broad SMARTS) is 1. The van der Waals surface area contributed by atoms with Crippen LogP contribution < -0.4 is 5.32 Å². The number of carbonyl (C=O) groups excluding carboxylic acids is 1. The van der Waals surface area contributed by atoms with Gasteiger partial charge in [0.1, 0.15) is 24.1 Å². The second-order valence-electron chi connectivity index (χ2n) is 7.42. The molecule has 7 heteroatoms. The summed E-state index contributed by atoms with van der Waals surface area (Å²) in [5.41, 5.74) is 4.67. The summed E-state index contributed by atoms with van der Waals surface area (Å²) in [6.07, 6.45) is -0.972. The summed E-state index contributed by atoms with van der Waals surface area (Å²) in [5, 5.41) is 31.0. The van der Waals surface area contributed by atoms with E-state index in [2.05, 4.69) is 5.32 Å². The highest BCUT2D eigenvalue weighted by atomic mass is 16.5.